The molecular formula is C16H17ClFNO2. The molecule has 1 N–H and O–H groups in total. The number of hydrogen-bond acceptors (Lipinski definition) is 3. The Balaban J connectivity index is 2.00. The van der Waals surface area contributed by atoms with E-state index in [2.05, 4.69) is 5.32 Å². The van der Waals surface area contributed by atoms with E-state index in [0.717, 1.165) is 22.6 Å². The third-order valence-electron chi connectivity index (χ3n) is 3.14. The average molecular weight is 310 g/mol. The Morgan fingerprint density at radius 1 is 1.00 bits per heavy atom. The van der Waals surface area contributed by atoms with E-state index >= 15 is 0 Å². The smallest absolute Gasteiger partial charge is 0.127 e. The fourth-order valence-corrected chi connectivity index (χ4v) is 2.23. The van der Waals surface area contributed by atoms with E-state index in [1.54, 1.807) is 20.3 Å². The first-order valence-electron chi connectivity index (χ1n) is 6.49. The molecule has 0 heterocycles. The highest BCUT2D eigenvalue weighted by Crippen LogP contribution is 2.24. The van der Waals surface area contributed by atoms with E-state index in [-0.39, 0.29) is 5.82 Å². The lowest BCUT2D eigenvalue weighted by Crippen LogP contribution is -2.13. The molecule has 0 amide bonds. The maximum atomic E-state index is 13.0. The number of methoxy groups -OCH3 is 2. The van der Waals surface area contributed by atoms with Crippen LogP contribution in [0.25, 0.3) is 0 Å². The molecule has 2 aromatic rings. The Bertz CT molecular complexity index is 619. The van der Waals surface area contributed by atoms with Crippen molar-refractivity contribution in [2.75, 3.05) is 14.2 Å². The highest BCUT2D eigenvalue weighted by Gasteiger charge is 2.06. The lowest BCUT2D eigenvalue weighted by molar-refractivity contribution is 0.390. The Hall–Kier alpha value is -1.78. The van der Waals surface area contributed by atoms with Crippen molar-refractivity contribution in [2.45, 2.75) is 13.1 Å². The van der Waals surface area contributed by atoms with Crippen molar-refractivity contribution in [1.29, 1.82) is 0 Å². The lowest BCUT2D eigenvalue weighted by atomic mass is 10.1. The molecule has 2 rings (SSSR count). The molecule has 0 radical (unpaired) electrons. The van der Waals surface area contributed by atoms with Crippen LogP contribution < -0.4 is 14.8 Å². The molecule has 0 saturated heterocycles. The molecule has 0 fully saturated rings. The van der Waals surface area contributed by atoms with E-state index in [9.17, 15) is 4.39 Å². The number of rotatable bonds is 6. The molecule has 0 unspecified atom stereocenters. The fourth-order valence-electron chi connectivity index (χ4n) is 1.99. The maximum absolute atomic E-state index is 13.0. The first-order valence-corrected chi connectivity index (χ1v) is 6.87. The summed E-state index contributed by atoms with van der Waals surface area (Å²) in [4.78, 5) is 0. The van der Waals surface area contributed by atoms with Crippen LogP contribution in [0, 0.1) is 5.82 Å². The van der Waals surface area contributed by atoms with Gasteiger partial charge in [-0.25, -0.2) is 4.39 Å². The molecular weight excluding hydrogens is 293 g/mol. The van der Waals surface area contributed by atoms with Gasteiger partial charge in [-0.05, 0) is 23.8 Å². The summed E-state index contributed by atoms with van der Waals surface area (Å²) in [5, 5.41) is 3.68. The van der Waals surface area contributed by atoms with Gasteiger partial charge in [-0.2, -0.15) is 0 Å². The molecule has 0 aliphatic carbocycles. The van der Waals surface area contributed by atoms with Crippen molar-refractivity contribution in [2.24, 2.45) is 0 Å². The molecule has 0 aliphatic rings. The predicted molar refractivity (Wildman–Crippen MR) is 81.5 cm³/mol. The number of nitrogens with one attached hydrogen (secondary N) is 1. The van der Waals surface area contributed by atoms with E-state index < -0.39 is 0 Å². The van der Waals surface area contributed by atoms with Gasteiger partial charge in [0.2, 0.25) is 0 Å². The third kappa shape index (κ3) is 4.09. The minimum absolute atomic E-state index is 0.333. The number of ether oxygens (including phenoxy) is 2. The highest BCUT2D eigenvalue weighted by atomic mass is 35.5. The summed E-state index contributed by atoms with van der Waals surface area (Å²) in [6.45, 7) is 1.16. The van der Waals surface area contributed by atoms with Crippen LogP contribution in [0.1, 0.15) is 11.1 Å². The second-order valence-corrected chi connectivity index (χ2v) is 4.92. The zero-order valence-corrected chi connectivity index (χ0v) is 12.7. The van der Waals surface area contributed by atoms with Crippen LogP contribution >= 0.6 is 11.6 Å². The highest BCUT2D eigenvalue weighted by molar-refractivity contribution is 6.31. The standard InChI is InChI=1S/C16H17ClFNO2/c1-20-14-6-4-12(16(8-14)21-2)10-19-9-11-3-5-13(18)7-15(11)17/h3-8,19H,9-10H2,1-2H3. The summed E-state index contributed by atoms with van der Waals surface area (Å²) >= 11 is 5.99. The molecule has 5 heteroatoms. The minimum atomic E-state index is -0.333. The molecule has 0 saturated carbocycles. The van der Waals surface area contributed by atoms with Gasteiger partial charge < -0.3 is 14.8 Å². The van der Waals surface area contributed by atoms with Gasteiger partial charge in [-0.3, -0.25) is 0 Å². The van der Waals surface area contributed by atoms with Gasteiger partial charge in [-0.15, -0.1) is 0 Å². The quantitative estimate of drug-likeness (QED) is 0.880. The van der Waals surface area contributed by atoms with Crippen molar-refractivity contribution in [3.05, 3.63) is 58.4 Å². The molecule has 21 heavy (non-hydrogen) atoms. The van der Waals surface area contributed by atoms with Gasteiger partial charge in [0.05, 0.1) is 14.2 Å². The van der Waals surface area contributed by atoms with Crippen LogP contribution in [0.3, 0.4) is 0 Å². The van der Waals surface area contributed by atoms with Crippen LogP contribution in [0.15, 0.2) is 36.4 Å². The van der Waals surface area contributed by atoms with Crippen LogP contribution in [0.4, 0.5) is 4.39 Å². The zero-order valence-electron chi connectivity index (χ0n) is 12.0. The Labute approximate surface area is 128 Å². The predicted octanol–water partition coefficient (Wildman–Crippen LogP) is 3.79. The van der Waals surface area contributed by atoms with Gasteiger partial charge in [0, 0.05) is 29.7 Å². The van der Waals surface area contributed by atoms with Crippen LogP contribution in [-0.2, 0) is 13.1 Å². The van der Waals surface area contributed by atoms with Gasteiger partial charge in [-0.1, -0.05) is 23.7 Å². The SMILES string of the molecule is COc1ccc(CNCc2ccc(F)cc2Cl)c(OC)c1. The Morgan fingerprint density at radius 3 is 2.38 bits per heavy atom. The van der Waals surface area contributed by atoms with Gasteiger partial charge >= 0.3 is 0 Å². The molecule has 0 atom stereocenters. The average Bonchev–Trinajstić information content (AvgIpc) is 2.49. The molecule has 2 aromatic carbocycles. The van der Waals surface area contributed by atoms with E-state index in [4.69, 9.17) is 21.1 Å². The van der Waals surface area contributed by atoms with Gasteiger partial charge in [0.25, 0.3) is 0 Å². The monoisotopic (exact) mass is 309 g/mol. The molecule has 0 aliphatic heterocycles. The van der Waals surface area contributed by atoms with Crippen LogP contribution in [0.2, 0.25) is 5.02 Å². The van der Waals surface area contributed by atoms with Crippen LogP contribution in [-0.4, -0.2) is 14.2 Å². The summed E-state index contributed by atoms with van der Waals surface area (Å²) in [5.41, 5.74) is 1.86. The topological polar surface area (TPSA) is 30.5 Å². The summed E-state index contributed by atoms with van der Waals surface area (Å²) in [6, 6.07) is 10.0. The van der Waals surface area contributed by atoms with E-state index in [0.29, 0.717) is 18.1 Å². The second-order valence-electron chi connectivity index (χ2n) is 4.52. The lowest BCUT2D eigenvalue weighted by Gasteiger charge is -2.12. The first-order chi connectivity index (χ1) is 10.1. The maximum Gasteiger partial charge on any atom is 0.127 e. The van der Waals surface area contributed by atoms with Gasteiger partial charge in [0.1, 0.15) is 17.3 Å². The molecule has 112 valence electrons. The van der Waals surface area contributed by atoms with Crippen LogP contribution in [0.5, 0.6) is 11.5 Å². The molecule has 0 aromatic heterocycles. The summed E-state index contributed by atoms with van der Waals surface area (Å²) in [7, 11) is 3.23. The number of hydrogen-bond donors (Lipinski definition) is 1. The summed E-state index contributed by atoms with van der Waals surface area (Å²) < 4.78 is 23.5. The number of benzene rings is 2. The number of halogens is 2. The van der Waals surface area contributed by atoms with E-state index in [1.165, 1.54) is 12.1 Å². The Morgan fingerprint density at radius 2 is 1.71 bits per heavy atom. The first kappa shape index (κ1) is 15.6. The minimum Gasteiger partial charge on any atom is -0.497 e. The van der Waals surface area contributed by atoms with Crippen molar-refractivity contribution in [3.8, 4) is 11.5 Å². The van der Waals surface area contributed by atoms with E-state index in [1.807, 2.05) is 18.2 Å². The zero-order chi connectivity index (χ0) is 15.2. The van der Waals surface area contributed by atoms with Crippen molar-refractivity contribution < 1.29 is 13.9 Å². The molecule has 0 bridgehead atoms. The summed E-state index contributed by atoms with van der Waals surface area (Å²) in [5.74, 6) is 1.17. The largest absolute Gasteiger partial charge is 0.497 e. The van der Waals surface area contributed by atoms with Crippen molar-refractivity contribution >= 4 is 11.6 Å². The van der Waals surface area contributed by atoms with Crippen molar-refractivity contribution in [1.82, 2.24) is 5.32 Å². The molecule has 0 spiro atoms. The summed E-state index contributed by atoms with van der Waals surface area (Å²) in [6.07, 6.45) is 0. The second kappa shape index (κ2) is 7.29. The van der Waals surface area contributed by atoms with Gasteiger partial charge in [0.15, 0.2) is 0 Å². The molecule has 3 nitrogen and oxygen atoms in total. The fraction of sp³-hybridized carbons (Fsp3) is 0.250. The third-order valence-corrected chi connectivity index (χ3v) is 3.49. The normalized spacial score (nSPS) is 10.5. The Kier molecular flexibility index (Phi) is 5.42. The van der Waals surface area contributed by atoms with Crippen molar-refractivity contribution in [3.63, 3.8) is 0 Å².